The van der Waals surface area contributed by atoms with E-state index in [2.05, 4.69) is 5.32 Å². The Morgan fingerprint density at radius 2 is 1.77 bits per heavy atom. The predicted molar refractivity (Wildman–Crippen MR) is 117 cm³/mol. The van der Waals surface area contributed by atoms with Crippen molar-refractivity contribution < 1.29 is 43.9 Å². The molecule has 15 heteroatoms. The van der Waals surface area contributed by atoms with Gasteiger partial charge in [-0.25, -0.2) is 4.90 Å². The van der Waals surface area contributed by atoms with E-state index < -0.39 is 68.7 Å². The summed E-state index contributed by atoms with van der Waals surface area (Å²) in [4.78, 5) is 59.2. The molecule has 1 saturated heterocycles. The van der Waals surface area contributed by atoms with Gasteiger partial charge in [-0.15, -0.1) is 0 Å². The molecule has 0 saturated carbocycles. The molecule has 3 N–H and O–H groups in total. The largest absolute Gasteiger partial charge is 0.384 e. The second kappa shape index (κ2) is 12.3. The molecule has 0 aromatic heterocycles. The molecule has 0 aliphatic carbocycles. The van der Waals surface area contributed by atoms with E-state index in [0.29, 0.717) is 25.2 Å². The van der Waals surface area contributed by atoms with Gasteiger partial charge < -0.3 is 25.0 Å². The highest BCUT2D eigenvalue weighted by Crippen LogP contribution is 2.37. The number of hydrogen-bond acceptors (Lipinski definition) is 11. The van der Waals surface area contributed by atoms with E-state index in [9.17, 15) is 44.8 Å². The van der Waals surface area contributed by atoms with Crippen LogP contribution >= 0.6 is 0 Å². The van der Waals surface area contributed by atoms with Crippen LogP contribution in [0.1, 0.15) is 43.5 Å². The predicted octanol–water partition coefficient (Wildman–Crippen LogP) is 0.397. The number of nitro benzene ring substituents is 2. The second-order valence-electron chi connectivity index (χ2n) is 7.66. The summed E-state index contributed by atoms with van der Waals surface area (Å²) in [6.45, 7) is 2.30. The summed E-state index contributed by atoms with van der Waals surface area (Å²) in [5, 5.41) is 44.9. The Labute approximate surface area is 198 Å². The molecule has 1 aliphatic heterocycles. The van der Waals surface area contributed by atoms with Gasteiger partial charge in [-0.05, 0) is 33.1 Å². The van der Waals surface area contributed by atoms with E-state index in [1.165, 1.54) is 0 Å². The van der Waals surface area contributed by atoms with Gasteiger partial charge in [-0.3, -0.25) is 34.6 Å². The average molecular weight is 498 g/mol. The Balaban J connectivity index is 2.49. The minimum absolute atomic E-state index is 0.0221. The lowest BCUT2D eigenvalue weighted by molar-refractivity contribution is -0.393. The molecular formula is C20H26N4O11. The zero-order chi connectivity index (χ0) is 26.3. The molecule has 15 nitrogen and oxygen atoms in total. The van der Waals surface area contributed by atoms with E-state index in [4.69, 9.17) is 9.47 Å². The van der Waals surface area contributed by atoms with Gasteiger partial charge in [0.05, 0.1) is 28.1 Å². The van der Waals surface area contributed by atoms with Crippen LogP contribution in [-0.4, -0.2) is 76.0 Å². The highest BCUT2D eigenvalue weighted by atomic mass is 16.7. The minimum atomic E-state index is -1.87. The van der Waals surface area contributed by atoms with Crippen molar-refractivity contribution in [1.29, 1.82) is 0 Å². The maximum Gasteiger partial charge on any atom is 0.301 e. The van der Waals surface area contributed by atoms with Gasteiger partial charge in [-0.2, -0.15) is 0 Å². The van der Waals surface area contributed by atoms with Crippen molar-refractivity contribution in [2.45, 2.75) is 51.6 Å². The normalized spacial score (nSPS) is 17.2. The van der Waals surface area contributed by atoms with E-state index >= 15 is 0 Å². The molecule has 1 fully saturated rings. The Bertz CT molecular complexity index is 970. The van der Waals surface area contributed by atoms with Crippen LogP contribution in [-0.2, 0) is 19.1 Å². The lowest BCUT2D eigenvalue weighted by Crippen LogP contribution is -2.47. The number of carbonyl (C=O) groups excluding carboxylic acids is 3. The molecule has 2 rings (SSSR count). The van der Waals surface area contributed by atoms with Crippen LogP contribution in [0.25, 0.3) is 0 Å². The Hall–Kier alpha value is -3.53. The number of hydrogen-bond donors (Lipinski definition) is 3. The summed E-state index contributed by atoms with van der Waals surface area (Å²) < 4.78 is 10.9. The smallest absolute Gasteiger partial charge is 0.301 e. The number of amides is 3. The quantitative estimate of drug-likeness (QED) is 0.228. The van der Waals surface area contributed by atoms with Crippen LogP contribution in [0.15, 0.2) is 12.1 Å². The van der Waals surface area contributed by atoms with Crippen LogP contribution in [0.2, 0.25) is 0 Å². The van der Waals surface area contributed by atoms with Crippen molar-refractivity contribution >= 4 is 34.8 Å². The Morgan fingerprint density at radius 1 is 1.14 bits per heavy atom. The summed E-state index contributed by atoms with van der Waals surface area (Å²) in [7, 11) is 0. The molecule has 35 heavy (non-hydrogen) atoms. The number of benzene rings is 1. The van der Waals surface area contributed by atoms with Crippen molar-refractivity contribution in [3.05, 3.63) is 37.9 Å². The van der Waals surface area contributed by atoms with Gasteiger partial charge >= 0.3 is 5.69 Å². The Kier molecular flexibility index (Phi) is 9.70. The summed E-state index contributed by atoms with van der Waals surface area (Å²) in [5.74, 6) is -3.87. The summed E-state index contributed by atoms with van der Waals surface area (Å²) in [5.41, 5.74) is -3.67. The van der Waals surface area contributed by atoms with Crippen LogP contribution in [0, 0.1) is 20.2 Å². The third-order valence-corrected chi connectivity index (χ3v) is 4.94. The number of aliphatic hydroxyl groups excluding tert-OH is 2. The van der Waals surface area contributed by atoms with Gasteiger partial charge in [0, 0.05) is 19.2 Å². The monoisotopic (exact) mass is 498 g/mol. The molecule has 1 heterocycles. The average Bonchev–Trinajstić information content (AvgIpc) is 2.81. The van der Waals surface area contributed by atoms with E-state index in [-0.39, 0.29) is 18.1 Å². The minimum Gasteiger partial charge on any atom is -0.384 e. The van der Waals surface area contributed by atoms with Crippen LogP contribution in [0.4, 0.5) is 17.1 Å². The number of nitrogens with one attached hydrogen (secondary N) is 1. The number of imide groups is 1. The number of non-ortho nitro benzene ring substituents is 1. The molecule has 192 valence electrons. The van der Waals surface area contributed by atoms with E-state index in [1.54, 1.807) is 0 Å². The van der Waals surface area contributed by atoms with Gasteiger partial charge in [0.1, 0.15) is 17.9 Å². The first-order valence-electron chi connectivity index (χ1n) is 10.7. The van der Waals surface area contributed by atoms with Crippen molar-refractivity contribution in [1.82, 2.24) is 5.32 Å². The summed E-state index contributed by atoms with van der Waals surface area (Å²) in [6, 6.07) is 1.12. The van der Waals surface area contributed by atoms with Crippen molar-refractivity contribution in [2.75, 3.05) is 24.7 Å². The molecule has 1 aliphatic rings. The van der Waals surface area contributed by atoms with Gasteiger partial charge in [0.15, 0.2) is 6.29 Å². The fraction of sp³-hybridized carbons (Fsp3) is 0.550. The lowest BCUT2D eigenvalue weighted by Gasteiger charge is -2.25. The molecule has 0 radical (unpaired) electrons. The second-order valence-corrected chi connectivity index (χ2v) is 7.66. The lowest BCUT2D eigenvalue weighted by atomic mass is 10.1. The summed E-state index contributed by atoms with van der Waals surface area (Å²) in [6.07, 6.45) is -1.73. The number of nitro groups is 2. The van der Waals surface area contributed by atoms with E-state index in [1.807, 2.05) is 0 Å². The topological polar surface area (TPSA) is 212 Å². The van der Waals surface area contributed by atoms with Gasteiger partial charge in [0.25, 0.3) is 23.4 Å². The van der Waals surface area contributed by atoms with Crippen molar-refractivity contribution in [3.8, 4) is 0 Å². The number of ether oxygens (including phenoxy) is 2. The molecule has 1 aromatic carbocycles. The van der Waals surface area contributed by atoms with Crippen LogP contribution in [0.5, 0.6) is 0 Å². The van der Waals surface area contributed by atoms with Crippen molar-refractivity contribution in [2.24, 2.45) is 0 Å². The van der Waals surface area contributed by atoms with Gasteiger partial charge in [0.2, 0.25) is 0 Å². The third kappa shape index (κ3) is 6.98. The molecule has 0 spiro atoms. The molecule has 3 amide bonds. The molecule has 1 aromatic rings. The third-order valence-electron chi connectivity index (χ3n) is 4.94. The first-order valence-corrected chi connectivity index (χ1v) is 10.7. The standard InChI is InChI=1S/C20H26N4O11/c1-11(25)19(28)22(20(29)12(2)26)17-14(9-13(23(30)31)10-15(17)24(32)33)18(27)21-6-8-35-16-5-3-4-7-34-16/h9-12,16,25-26H,3-8H2,1-2H3,(H,21,27). The number of rotatable bonds is 10. The van der Waals surface area contributed by atoms with Gasteiger partial charge in [-0.1, -0.05) is 0 Å². The first kappa shape index (κ1) is 27.7. The van der Waals surface area contributed by atoms with Crippen LogP contribution < -0.4 is 10.2 Å². The molecule has 3 atom stereocenters. The molecular weight excluding hydrogens is 472 g/mol. The fourth-order valence-electron chi connectivity index (χ4n) is 3.25. The van der Waals surface area contributed by atoms with E-state index in [0.717, 1.165) is 26.7 Å². The molecule has 0 bridgehead atoms. The highest BCUT2D eigenvalue weighted by Gasteiger charge is 2.39. The maximum atomic E-state index is 12.9. The number of carbonyl (C=O) groups is 3. The SMILES string of the molecule is CC(O)C(=O)N(C(=O)C(C)O)c1c(C(=O)NCCOC2CCCCO2)cc([N+](=O)[O-])cc1[N+](=O)[O-]. The number of nitrogens with zero attached hydrogens (tertiary/aromatic N) is 3. The number of anilines is 1. The number of aliphatic hydroxyl groups is 2. The van der Waals surface area contributed by atoms with Crippen LogP contribution in [0.3, 0.4) is 0 Å². The first-order chi connectivity index (χ1) is 16.5. The Morgan fingerprint density at radius 3 is 2.26 bits per heavy atom. The van der Waals surface area contributed by atoms with Crippen molar-refractivity contribution in [3.63, 3.8) is 0 Å². The maximum absolute atomic E-state index is 12.9. The zero-order valence-electron chi connectivity index (χ0n) is 19.0. The molecule has 3 unspecified atom stereocenters. The fourth-order valence-corrected chi connectivity index (χ4v) is 3.25. The summed E-state index contributed by atoms with van der Waals surface area (Å²) >= 11 is 0. The highest BCUT2D eigenvalue weighted by molar-refractivity contribution is 6.21. The zero-order valence-corrected chi connectivity index (χ0v) is 19.0.